The fourth-order valence-corrected chi connectivity index (χ4v) is 10.1. The molecule has 1 aliphatic rings. The van der Waals surface area contributed by atoms with Crippen molar-refractivity contribution in [1.29, 1.82) is 0 Å². The molecule has 0 saturated carbocycles. The van der Waals surface area contributed by atoms with Crippen LogP contribution in [-0.4, -0.2) is 0 Å². The molecule has 0 aliphatic heterocycles. The van der Waals surface area contributed by atoms with Crippen LogP contribution in [0, 0.1) is 0 Å². The van der Waals surface area contributed by atoms with Crippen LogP contribution >= 0.6 is 0 Å². The molecule has 12 aromatic rings. The first-order valence-corrected chi connectivity index (χ1v) is 20.3. The number of para-hydroxylation sites is 5. The normalized spacial score (nSPS) is 13.4. The Balaban J connectivity index is 1.12. The van der Waals surface area contributed by atoms with E-state index >= 15 is 0 Å². The van der Waals surface area contributed by atoms with E-state index in [4.69, 9.17) is 13.3 Å². The molecule has 9 aromatic carbocycles. The molecular formula is C55H35NO3. The van der Waals surface area contributed by atoms with E-state index in [1.54, 1.807) is 0 Å². The minimum absolute atomic E-state index is 0.184. The van der Waals surface area contributed by atoms with Gasteiger partial charge in [0.1, 0.15) is 22.3 Å². The summed E-state index contributed by atoms with van der Waals surface area (Å²) in [5.41, 5.74) is 15.0. The molecule has 3 aromatic heterocycles. The van der Waals surface area contributed by atoms with E-state index in [9.17, 15) is 0 Å². The van der Waals surface area contributed by atoms with E-state index in [0.717, 1.165) is 105 Å². The molecule has 0 spiro atoms. The lowest BCUT2D eigenvalue weighted by atomic mass is 9.82. The highest BCUT2D eigenvalue weighted by Gasteiger charge is 2.36. The summed E-state index contributed by atoms with van der Waals surface area (Å²) in [7, 11) is 0. The Morgan fingerprint density at radius 3 is 1.68 bits per heavy atom. The van der Waals surface area contributed by atoms with E-state index in [0.29, 0.717) is 0 Å². The molecule has 0 saturated heterocycles. The van der Waals surface area contributed by atoms with Crippen molar-refractivity contribution in [3.05, 3.63) is 187 Å². The predicted molar refractivity (Wildman–Crippen MR) is 243 cm³/mol. The van der Waals surface area contributed by atoms with Crippen LogP contribution in [0.25, 0.3) is 98.8 Å². The highest BCUT2D eigenvalue weighted by atomic mass is 16.3. The van der Waals surface area contributed by atoms with Gasteiger partial charge in [0.05, 0.1) is 11.4 Å². The fourth-order valence-electron chi connectivity index (χ4n) is 10.1. The van der Waals surface area contributed by atoms with E-state index in [1.165, 1.54) is 22.3 Å². The number of rotatable bonds is 4. The minimum atomic E-state index is -0.184. The van der Waals surface area contributed by atoms with E-state index in [2.05, 4.69) is 170 Å². The molecule has 4 heteroatoms. The van der Waals surface area contributed by atoms with Gasteiger partial charge in [0.25, 0.3) is 0 Å². The molecule has 59 heavy (non-hydrogen) atoms. The third-order valence-corrected chi connectivity index (χ3v) is 12.9. The van der Waals surface area contributed by atoms with Crippen LogP contribution < -0.4 is 4.90 Å². The average molecular weight is 758 g/mol. The number of benzene rings is 9. The zero-order chi connectivity index (χ0) is 39.0. The van der Waals surface area contributed by atoms with Gasteiger partial charge in [-0.2, -0.15) is 0 Å². The van der Waals surface area contributed by atoms with Crippen LogP contribution in [0.15, 0.2) is 189 Å². The third-order valence-electron chi connectivity index (χ3n) is 12.9. The molecule has 4 nitrogen and oxygen atoms in total. The highest BCUT2D eigenvalue weighted by molar-refractivity contribution is 6.23. The Kier molecular flexibility index (Phi) is 6.48. The lowest BCUT2D eigenvalue weighted by Crippen LogP contribution is -2.16. The molecule has 0 fully saturated rings. The van der Waals surface area contributed by atoms with Gasteiger partial charge in [-0.05, 0) is 75.5 Å². The first-order chi connectivity index (χ1) is 29.0. The second-order valence-electron chi connectivity index (χ2n) is 16.4. The van der Waals surface area contributed by atoms with Gasteiger partial charge in [-0.25, -0.2) is 0 Å². The van der Waals surface area contributed by atoms with Gasteiger partial charge >= 0.3 is 0 Å². The fraction of sp³-hybridized carbons (Fsp3) is 0.0545. The molecule has 0 bridgehead atoms. The molecule has 13 rings (SSSR count). The third kappa shape index (κ3) is 4.43. The van der Waals surface area contributed by atoms with Crippen molar-refractivity contribution in [2.45, 2.75) is 19.3 Å². The van der Waals surface area contributed by atoms with Crippen molar-refractivity contribution >= 4 is 93.7 Å². The SMILES string of the molecule is CC1(C)c2ccccc2-c2ccc(N(c3cccc4c3oc3ccccc34)c3cccc4c3oc3c(-c5cccc6c5oc5ccccc56)c5ccccc5cc34)cc21. The maximum Gasteiger partial charge on any atom is 0.159 e. The van der Waals surface area contributed by atoms with Gasteiger partial charge in [0.2, 0.25) is 0 Å². The number of nitrogens with zero attached hydrogens (tertiary/aromatic N) is 1. The molecule has 278 valence electrons. The largest absolute Gasteiger partial charge is 0.455 e. The summed E-state index contributed by atoms with van der Waals surface area (Å²) in [6.45, 7) is 4.67. The van der Waals surface area contributed by atoms with Gasteiger partial charge in [-0.3, -0.25) is 0 Å². The Morgan fingerprint density at radius 1 is 0.373 bits per heavy atom. The van der Waals surface area contributed by atoms with Crippen molar-refractivity contribution in [3.8, 4) is 22.3 Å². The number of furan rings is 3. The summed E-state index contributed by atoms with van der Waals surface area (Å²) in [6, 6.07) is 62.6. The smallest absolute Gasteiger partial charge is 0.159 e. The second-order valence-corrected chi connectivity index (χ2v) is 16.4. The van der Waals surface area contributed by atoms with Gasteiger partial charge in [-0.1, -0.05) is 147 Å². The number of hydrogen-bond acceptors (Lipinski definition) is 4. The standard InChI is InChI=1S/C55H35NO3/c1-55(2)44-23-8-5-16-35(44)36-29-28-33(31-45(36)55)56(46-24-12-20-40-38-18-7-10-27-49(38)58-52(40)46)47-25-13-21-41-43-30-32-14-3-4-15-34(32)50(54(43)59-53(41)47)42-22-11-19-39-37-17-6-9-26-48(37)57-51(39)42/h3-31H,1-2H3. The Labute approximate surface area is 339 Å². The average Bonchev–Trinajstić information content (AvgIpc) is 4.02. The van der Waals surface area contributed by atoms with Gasteiger partial charge in [0.15, 0.2) is 11.2 Å². The molecular weight excluding hydrogens is 723 g/mol. The van der Waals surface area contributed by atoms with Crippen LogP contribution in [-0.2, 0) is 5.41 Å². The number of fused-ring (bicyclic) bond motifs is 13. The lowest BCUT2D eigenvalue weighted by Gasteiger charge is -2.28. The van der Waals surface area contributed by atoms with Gasteiger partial charge < -0.3 is 18.2 Å². The van der Waals surface area contributed by atoms with Gasteiger partial charge in [0, 0.05) is 54.5 Å². The monoisotopic (exact) mass is 757 g/mol. The van der Waals surface area contributed by atoms with E-state index in [1.807, 2.05) is 24.3 Å². The second kappa shape index (κ2) is 11.7. The summed E-state index contributed by atoms with van der Waals surface area (Å²) in [5, 5.41) is 8.69. The molecule has 0 amide bonds. The topological polar surface area (TPSA) is 42.7 Å². The van der Waals surface area contributed by atoms with Crippen molar-refractivity contribution in [3.63, 3.8) is 0 Å². The molecule has 0 unspecified atom stereocenters. The first kappa shape index (κ1) is 32.5. The zero-order valence-electron chi connectivity index (χ0n) is 32.4. The predicted octanol–water partition coefficient (Wildman–Crippen LogP) is 16.0. The van der Waals surface area contributed by atoms with Crippen LogP contribution in [0.2, 0.25) is 0 Å². The number of anilines is 3. The Bertz CT molecular complexity index is 3730. The maximum atomic E-state index is 7.37. The first-order valence-electron chi connectivity index (χ1n) is 20.3. The summed E-state index contributed by atoms with van der Waals surface area (Å²) in [6.07, 6.45) is 0. The van der Waals surface area contributed by atoms with Crippen LogP contribution in [0.4, 0.5) is 17.1 Å². The van der Waals surface area contributed by atoms with Crippen LogP contribution in [0.1, 0.15) is 25.0 Å². The summed E-state index contributed by atoms with van der Waals surface area (Å²) in [5.74, 6) is 0. The van der Waals surface area contributed by atoms with Crippen LogP contribution in [0.5, 0.6) is 0 Å². The lowest BCUT2D eigenvalue weighted by molar-refractivity contribution is 0.660. The Morgan fingerprint density at radius 2 is 0.915 bits per heavy atom. The Hall–Kier alpha value is -7.56. The highest BCUT2D eigenvalue weighted by Crippen LogP contribution is 2.53. The molecule has 0 N–H and O–H groups in total. The van der Waals surface area contributed by atoms with Crippen molar-refractivity contribution < 1.29 is 13.3 Å². The quantitative estimate of drug-likeness (QED) is 0.179. The summed E-state index contributed by atoms with van der Waals surface area (Å²) >= 11 is 0. The van der Waals surface area contributed by atoms with Crippen molar-refractivity contribution in [1.82, 2.24) is 0 Å². The molecule has 3 heterocycles. The summed E-state index contributed by atoms with van der Waals surface area (Å²) in [4.78, 5) is 2.34. The number of hydrogen-bond donors (Lipinski definition) is 0. The van der Waals surface area contributed by atoms with Crippen molar-refractivity contribution in [2.75, 3.05) is 4.90 Å². The van der Waals surface area contributed by atoms with E-state index in [-0.39, 0.29) is 5.41 Å². The van der Waals surface area contributed by atoms with Crippen molar-refractivity contribution in [2.24, 2.45) is 0 Å². The summed E-state index contributed by atoms with van der Waals surface area (Å²) < 4.78 is 20.8. The molecule has 1 aliphatic carbocycles. The minimum Gasteiger partial charge on any atom is -0.455 e. The van der Waals surface area contributed by atoms with Gasteiger partial charge in [-0.15, -0.1) is 0 Å². The van der Waals surface area contributed by atoms with Crippen LogP contribution in [0.3, 0.4) is 0 Å². The molecule has 0 atom stereocenters. The van der Waals surface area contributed by atoms with E-state index < -0.39 is 0 Å². The maximum absolute atomic E-state index is 7.37. The molecule has 0 radical (unpaired) electrons. The zero-order valence-corrected chi connectivity index (χ0v) is 32.4.